The lowest BCUT2D eigenvalue weighted by Gasteiger charge is -2.08. The molecule has 0 N–H and O–H groups in total. The van der Waals surface area contributed by atoms with Crippen molar-refractivity contribution in [1.29, 1.82) is 0 Å². The summed E-state index contributed by atoms with van der Waals surface area (Å²) in [5.74, 6) is 1.72. The first-order chi connectivity index (χ1) is 14.2. The van der Waals surface area contributed by atoms with Crippen LogP contribution in [0.2, 0.25) is 0 Å². The van der Waals surface area contributed by atoms with E-state index in [0.717, 1.165) is 48.4 Å². The molecule has 3 aromatic rings. The van der Waals surface area contributed by atoms with Gasteiger partial charge in [-0.25, -0.2) is 0 Å². The molecule has 0 aromatic heterocycles. The van der Waals surface area contributed by atoms with Crippen LogP contribution in [0.1, 0.15) is 35.6 Å². The van der Waals surface area contributed by atoms with Crippen LogP contribution >= 0.6 is 0 Å². The van der Waals surface area contributed by atoms with E-state index in [1.807, 2.05) is 30.3 Å². The summed E-state index contributed by atoms with van der Waals surface area (Å²) >= 11 is 0. The van der Waals surface area contributed by atoms with Gasteiger partial charge in [-0.1, -0.05) is 49.4 Å². The summed E-state index contributed by atoms with van der Waals surface area (Å²) in [5.41, 5.74) is 7.48. The van der Waals surface area contributed by atoms with Gasteiger partial charge in [-0.15, -0.1) is 0 Å². The molecule has 148 valence electrons. The molecule has 1 heterocycles. The van der Waals surface area contributed by atoms with Gasteiger partial charge in [0, 0.05) is 18.2 Å². The van der Waals surface area contributed by atoms with Crippen LogP contribution in [0.25, 0.3) is 0 Å². The van der Waals surface area contributed by atoms with Crippen LogP contribution in [0.15, 0.2) is 71.7 Å². The Morgan fingerprint density at radius 3 is 2.21 bits per heavy atom. The highest BCUT2D eigenvalue weighted by Crippen LogP contribution is 2.32. The number of rotatable bonds is 8. The van der Waals surface area contributed by atoms with Crippen LogP contribution in [0, 0.1) is 0 Å². The van der Waals surface area contributed by atoms with E-state index < -0.39 is 0 Å². The second kappa shape index (κ2) is 8.95. The highest BCUT2D eigenvalue weighted by molar-refractivity contribution is 5.94. The van der Waals surface area contributed by atoms with E-state index in [0.29, 0.717) is 6.61 Å². The lowest BCUT2D eigenvalue weighted by molar-refractivity contribution is 0.306. The average molecular weight is 386 g/mol. The zero-order chi connectivity index (χ0) is 20.1. The second-order valence-electron chi connectivity index (χ2n) is 7.45. The smallest absolute Gasteiger partial charge is 0.121 e. The van der Waals surface area contributed by atoms with Gasteiger partial charge >= 0.3 is 0 Å². The SMILES string of the molecule is CCc1ccc(CCC2=Nc3cc(OCc4ccc(OC)cc4)ccc3C2)cc1. The number of ether oxygens (including phenoxy) is 2. The molecule has 0 atom stereocenters. The summed E-state index contributed by atoms with van der Waals surface area (Å²) in [7, 11) is 1.67. The lowest BCUT2D eigenvalue weighted by atomic mass is 10.0. The van der Waals surface area contributed by atoms with Crippen LogP contribution in [-0.2, 0) is 25.9 Å². The van der Waals surface area contributed by atoms with Crippen molar-refractivity contribution in [1.82, 2.24) is 0 Å². The zero-order valence-corrected chi connectivity index (χ0v) is 17.2. The van der Waals surface area contributed by atoms with Gasteiger partial charge in [0.15, 0.2) is 0 Å². The van der Waals surface area contributed by atoms with Crippen molar-refractivity contribution in [3.8, 4) is 11.5 Å². The van der Waals surface area contributed by atoms with Gasteiger partial charge in [0.2, 0.25) is 0 Å². The van der Waals surface area contributed by atoms with E-state index in [1.165, 1.54) is 22.4 Å². The fourth-order valence-electron chi connectivity index (χ4n) is 3.58. The molecule has 0 spiro atoms. The molecule has 3 nitrogen and oxygen atoms in total. The van der Waals surface area contributed by atoms with Crippen molar-refractivity contribution >= 4 is 11.4 Å². The minimum Gasteiger partial charge on any atom is -0.497 e. The molecule has 0 unspecified atom stereocenters. The molecule has 3 heteroatoms. The minimum absolute atomic E-state index is 0.535. The Balaban J connectivity index is 1.34. The topological polar surface area (TPSA) is 30.8 Å². The predicted molar refractivity (Wildman–Crippen MR) is 119 cm³/mol. The van der Waals surface area contributed by atoms with Gasteiger partial charge < -0.3 is 9.47 Å². The van der Waals surface area contributed by atoms with Crippen LogP contribution in [0.5, 0.6) is 11.5 Å². The molecule has 3 aromatic carbocycles. The van der Waals surface area contributed by atoms with Crippen LogP contribution in [-0.4, -0.2) is 12.8 Å². The van der Waals surface area contributed by atoms with E-state index >= 15 is 0 Å². The number of aryl methyl sites for hydroxylation is 2. The standard InChI is InChI=1S/C26H27NO2/c1-3-19-4-6-20(7-5-19)8-12-23-16-22-11-15-25(17-26(22)27-23)29-18-21-9-13-24(28-2)14-10-21/h4-7,9-11,13-15,17H,3,8,12,16,18H2,1-2H3. The van der Waals surface area contributed by atoms with Crippen molar-refractivity contribution in [2.45, 2.75) is 39.2 Å². The third kappa shape index (κ3) is 4.86. The Bertz CT molecular complexity index is 988. The molecule has 0 saturated carbocycles. The maximum atomic E-state index is 5.97. The molecule has 0 bridgehead atoms. The lowest BCUT2D eigenvalue weighted by Crippen LogP contribution is -2.00. The summed E-state index contributed by atoms with van der Waals surface area (Å²) in [5, 5.41) is 0. The van der Waals surface area contributed by atoms with Crippen LogP contribution in [0.4, 0.5) is 5.69 Å². The molecular formula is C26H27NO2. The first-order valence-corrected chi connectivity index (χ1v) is 10.3. The van der Waals surface area contributed by atoms with Crippen LogP contribution in [0.3, 0.4) is 0 Å². The van der Waals surface area contributed by atoms with Gasteiger partial charge in [0.1, 0.15) is 18.1 Å². The normalized spacial score (nSPS) is 12.4. The first-order valence-electron chi connectivity index (χ1n) is 10.3. The third-order valence-electron chi connectivity index (χ3n) is 5.43. The maximum absolute atomic E-state index is 5.97. The first kappa shape index (κ1) is 19.3. The van der Waals surface area contributed by atoms with E-state index in [1.54, 1.807) is 7.11 Å². The van der Waals surface area contributed by atoms with Gasteiger partial charge in [-0.3, -0.25) is 4.99 Å². The molecule has 29 heavy (non-hydrogen) atoms. The van der Waals surface area contributed by atoms with E-state index in [4.69, 9.17) is 14.5 Å². The van der Waals surface area contributed by atoms with Crippen molar-refractivity contribution in [2.24, 2.45) is 4.99 Å². The number of methoxy groups -OCH3 is 1. The molecule has 1 aliphatic rings. The Kier molecular flexibility index (Phi) is 5.95. The Morgan fingerprint density at radius 2 is 1.48 bits per heavy atom. The number of fused-ring (bicyclic) bond motifs is 1. The third-order valence-corrected chi connectivity index (χ3v) is 5.43. The van der Waals surface area contributed by atoms with Gasteiger partial charge in [0.25, 0.3) is 0 Å². The van der Waals surface area contributed by atoms with Crippen molar-refractivity contribution in [3.63, 3.8) is 0 Å². The Labute approximate surface area is 173 Å². The highest BCUT2D eigenvalue weighted by Gasteiger charge is 2.15. The second-order valence-corrected chi connectivity index (χ2v) is 7.45. The van der Waals surface area contributed by atoms with E-state index in [-0.39, 0.29) is 0 Å². The average Bonchev–Trinajstić information content (AvgIpc) is 3.19. The summed E-state index contributed by atoms with van der Waals surface area (Å²) < 4.78 is 11.2. The highest BCUT2D eigenvalue weighted by atomic mass is 16.5. The summed E-state index contributed by atoms with van der Waals surface area (Å²) in [6.45, 7) is 2.72. The Morgan fingerprint density at radius 1 is 0.793 bits per heavy atom. The van der Waals surface area contributed by atoms with Crippen molar-refractivity contribution in [3.05, 3.63) is 89.0 Å². The predicted octanol–water partition coefficient (Wildman–Crippen LogP) is 6.10. The molecule has 0 saturated heterocycles. The fourth-order valence-corrected chi connectivity index (χ4v) is 3.58. The summed E-state index contributed by atoms with van der Waals surface area (Å²) in [6.07, 6.45) is 4.08. The number of hydrogen-bond acceptors (Lipinski definition) is 3. The fraction of sp³-hybridized carbons (Fsp3) is 0.269. The summed E-state index contributed by atoms with van der Waals surface area (Å²) in [4.78, 5) is 4.86. The van der Waals surface area contributed by atoms with Crippen LogP contribution < -0.4 is 9.47 Å². The number of aliphatic imine (C=N–C) groups is 1. The zero-order valence-electron chi connectivity index (χ0n) is 17.2. The number of hydrogen-bond donors (Lipinski definition) is 0. The molecule has 0 aliphatic carbocycles. The molecule has 4 rings (SSSR count). The molecule has 0 amide bonds. The summed E-state index contributed by atoms with van der Waals surface area (Å²) in [6, 6.07) is 23.1. The Hall–Kier alpha value is -3.07. The number of nitrogens with zero attached hydrogens (tertiary/aromatic N) is 1. The van der Waals surface area contributed by atoms with Crippen molar-refractivity contribution < 1.29 is 9.47 Å². The minimum atomic E-state index is 0.535. The molecule has 0 radical (unpaired) electrons. The van der Waals surface area contributed by atoms with Gasteiger partial charge in [-0.2, -0.15) is 0 Å². The quantitative estimate of drug-likeness (QED) is 0.469. The maximum Gasteiger partial charge on any atom is 0.121 e. The van der Waals surface area contributed by atoms with Crippen molar-refractivity contribution in [2.75, 3.05) is 7.11 Å². The molecular weight excluding hydrogens is 358 g/mol. The largest absolute Gasteiger partial charge is 0.497 e. The van der Waals surface area contributed by atoms with Gasteiger partial charge in [0.05, 0.1) is 12.8 Å². The van der Waals surface area contributed by atoms with Gasteiger partial charge in [-0.05, 0) is 59.7 Å². The molecule has 0 fully saturated rings. The number of benzene rings is 3. The van der Waals surface area contributed by atoms with E-state index in [2.05, 4.69) is 43.3 Å². The molecule has 1 aliphatic heterocycles. The van der Waals surface area contributed by atoms with E-state index in [9.17, 15) is 0 Å². The monoisotopic (exact) mass is 385 g/mol.